The monoisotopic (exact) mass is 263 g/mol. The Hall–Kier alpha value is -1.66. The predicted molar refractivity (Wildman–Crippen MR) is 74.7 cm³/mol. The van der Waals surface area contributed by atoms with Gasteiger partial charge in [0.25, 0.3) is 5.91 Å². The van der Waals surface area contributed by atoms with Crippen LogP contribution in [-0.4, -0.2) is 52.9 Å². The van der Waals surface area contributed by atoms with Crippen LogP contribution < -0.4 is 11.3 Å². The van der Waals surface area contributed by atoms with E-state index in [-0.39, 0.29) is 11.4 Å². The maximum absolute atomic E-state index is 12.5. The molecule has 1 amide bonds. The summed E-state index contributed by atoms with van der Waals surface area (Å²) in [6, 6.07) is 3.49. The number of hydrogen-bond acceptors (Lipinski definition) is 5. The first-order valence-corrected chi connectivity index (χ1v) is 6.38. The van der Waals surface area contributed by atoms with Crippen LogP contribution in [0.4, 0.5) is 5.82 Å². The summed E-state index contributed by atoms with van der Waals surface area (Å²) in [5.41, 5.74) is 2.97. The van der Waals surface area contributed by atoms with Crippen molar-refractivity contribution in [1.82, 2.24) is 14.8 Å². The van der Waals surface area contributed by atoms with Gasteiger partial charge in [-0.2, -0.15) is 0 Å². The summed E-state index contributed by atoms with van der Waals surface area (Å²) in [7, 11) is 2.08. The van der Waals surface area contributed by atoms with Crippen molar-refractivity contribution < 1.29 is 4.79 Å². The Kier molecular flexibility index (Phi) is 3.73. The Labute approximate surface area is 113 Å². The zero-order valence-electron chi connectivity index (χ0n) is 11.7. The van der Waals surface area contributed by atoms with Crippen LogP contribution in [0.5, 0.6) is 0 Å². The molecule has 2 rings (SSSR count). The number of carbonyl (C=O) groups is 1. The van der Waals surface area contributed by atoms with Crippen molar-refractivity contribution in [2.75, 3.05) is 32.1 Å². The maximum Gasteiger partial charge on any atom is 0.257 e. The molecule has 2 heterocycles. The summed E-state index contributed by atoms with van der Waals surface area (Å²) in [4.78, 5) is 20.7. The molecule has 6 heteroatoms. The second-order valence-corrected chi connectivity index (χ2v) is 5.50. The second kappa shape index (κ2) is 5.14. The highest BCUT2D eigenvalue weighted by Gasteiger charge is 2.34. The van der Waals surface area contributed by atoms with Gasteiger partial charge >= 0.3 is 0 Å². The van der Waals surface area contributed by atoms with Gasteiger partial charge in [0, 0.05) is 31.4 Å². The molecule has 0 unspecified atom stereocenters. The van der Waals surface area contributed by atoms with Gasteiger partial charge in [-0.15, -0.1) is 0 Å². The molecular weight excluding hydrogens is 242 g/mol. The van der Waals surface area contributed by atoms with E-state index in [1.54, 1.807) is 18.3 Å². The average Bonchev–Trinajstić information content (AvgIpc) is 2.41. The third-order valence-electron chi connectivity index (χ3n) is 3.78. The van der Waals surface area contributed by atoms with Crippen molar-refractivity contribution in [1.29, 1.82) is 0 Å². The normalized spacial score (nSPS) is 19.3. The largest absolute Gasteiger partial charge is 0.335 e. The molecule has 0 radical (unpaired) electrons. The number of piperazine rings is 1. The Bertz CT molecular complexity index is 474. The van der Waals surface area contributed by atoms with Gasteiger partial charge in [0.05, 0.1) is 5.56 Å². The van der Waals surface area contributed by atoms with E-state index in [9.17, 15) is 4.79 Å². The maximum atomic E-state index is 12.5. The van der Waals surface area contributed by atoms with Gasteiger partial charge in [-0.3, -0.25) is 9.69 Å². The van der Waals surface area contributed by atoms with E-state index in [0.717, 1.165) is 13.1 Å². The Morgan fingerprint density at radius 2 is 2.21 bits per heavy atom. The highest BCUT2D eigenvalue weighted by molar-refractivity contribution is 5.98. The van der Waals surface area contributed by atoms with Crippen molar-refractivity contribution in [3.8, 4) is 0 Å². The second-order valence-electron chi connectivity index (χ2n) is 5.50. The number of nitrogens with one attached hydrogen (secondary N) is 1. The number of likely N-dealkylation sites (N-methyl/N-ethyl adjacent to an activating group) is 1. The molecule has 0 bridgehead atoms. The van der Waals surface area contributed by atoms with E-state index in [0.29, 0.717) is 17.9 Å². The fraction of sp³-hybridized carbons (Fsp3) is 0.538. The van der Waals surface area contributed by atoms with Crippen LogP contribution in [0.15, 0.2) is 18.3 Å². The van der Waals surface area contributed by atoms with Gasteiger partial charge in [0.2, 0.25) is 0 Å². The van der Waals surface area contributed by atoms with Gasteiger partial charge < -0.3 is 10.3 Å². The molecule has 1 aliphatic rings. The number of rotatable bonds is 2. The van der Waals surface area contributed by atoms with Gasteiger partial charge in [0.15, 0.2) is 5.82 Å². The first kappa shape index (κ1) is 13.8. The number of aromatic nitrogens is 1. The number of nitrogen functional groups attached to an aromatic ring is 1. The number of amides is 1. The summed E-state index contributed by atoms with van der Waals surface area (Å²) in [5, 5.41) is 0. The van der Waals surface area contributed by atoms with E-state index >= 15 is 0 Å². The van der Waals surface area contributed by atoms with Crippen LogP contribution in [0.1, 0.15) is 24.2 Å². The van der Waals surface area contributed by atoms with Crippen LogP contribution in [0, 0.1) is 0 Å². The van der Waals surface area contributed by atoms with E-state index in [2.05, 4.69) is 36.2 Å². The minimum atomic E-state index is -0.0257. The van der Waals surface area contributed by atoms with Gasteiger partial charge in [-0.25, -0.2) is 10.8 Å². The Balaban J connectivity index is 2.21. The van der Waals surface area contributed by atoms with Gasteiger partial charge in [-0.1, -0.05) is 0 Å². The molecule has 1 aromatic rings. The highest BCUT2D eigenvalue weighted by Crippen LogP contribution is 2.22. The van der Waals surface area contributed by atoms with Crippen LogP contribution in [0.3, 0.4) is 0 Å². The first-order chi connectivity index (χ1) is 8.95. The lowest BCUT2D eigenvalue weighted by Crippen LogP contribution is -2.58. The molecule has 0 aliphatic carbocycles. The molecule has 3 N–H and O–H groups in total. The van der Waals surface area contributed by atoms with Gasteiger partial charge in [-0.05, 0) is 33.0 Å². The lowest BCUT2D eigenvalue weighted by atomic mass is 9.99. The van der Waals surface area contributed by atoms with Gasteiger partial charge in [0.1, 0.15) is 0 Å². The van der Waals surface area contributed by atoms with E-state index < -0.39 is 0 Å². The van der Waals surface area contributed by atoms with Crippen molar-refractivity contribution in [3.63, 3.8) is 0 Å². The molecule has 1 aromatic heterocycles. The zero-order chi connectivity index (χ0) is 14.0. The minimum Gasteiger partial charge on any atom is -0.335 e. The molecule has 6 nitrogen and oxygen atoms in total. The van der Waals surface area contributed by atoms with Crippen LogP contribution >= 0.6 is 0 Å². The Morgan fingerprint density at radius 3 is 2.84 bits per heavy atom. The van der Waals surface area contributed by atoms with Crippen molar-refractivity contribution in [2.24, 2.45) is 5.84 Å². The molecule has 19 heavy (non-hydrogen) atoms. The van der Waals surface area contributed by atoms with Crippen molar-refractivity contribution >= 4 is 11.7 Å². The molecule has 104 valence electrons. The molecule has 0 atom stereocenters. The highest BCUT2D eigenvalue weighted by atomic mass is 16.2. The van der Waals surface area contributed by atoms with Crippen molar-refractivity contribution in [2.45, 2.75) is 19.4 Å². The fourth-order valence-corrected chi connectivity index (χ4v) is 2.28. The van der Waals surface area contributed by atoms with E-state index in [1.165, 1.54) is 0 Å². The van der Waals surface area contributed by atoms with Crippen LogP contribution in [0.25, 0.3) is 0 Å². The summed E-state index contributed by atoms with van der Waals surface area (Å²) >= 11 is 0. The molecule has 0 spiro atoms. The quantitative estimate of drug-likeness (QED) is 0.601. The number of nitrogens with two attached hydrogens (primary N) is 1. The summed E-state index contributed by atoms with van der Waals surface area (Å²) < 4.78 is 0. The van der Waals surface area contributed by atoms with Crippen molar-refractivity contribution in [3.05, 3.63) is 23.9 Å². The standard InChI is InChI=1S/C13H21N5O/c1-13(2)9-18(8-7-17(13)3)12(19)10-5-4-6-15-11(10)16-14/h4-6H,7-9,14H2,1-3H3,(H,15,16). The summed E-state index contributed by atoms with van der Waals surface area (Å²) in [6.07, 6.45) is 1.61. The fourth-order valence-electron chi connectivity index (χ4n) is 2.28. The lowest BCUT2D eigenvalue weighted by Gasteiger charge is -2.45. The third-order valence-corrected chi connectivity index (χ3v) is 3.78. The smallest absolute Gasteiger partial charge is 0.257 e. The average molecular weight is 263 g/mol. The SMILES string of the molecule is CN1CCN(C(=O)c2cccnc2NN)CC1(C)C. The number of anilines is 1. The topological polar surface area (TPSA) is 74.5 Å². The van der Waals surface area contributed by atoms with E-state index in [1.807, 2.05) is 4.90 Å². The number of hydrogen-bond donors (Lipinski definition) is 2. The third kappa shape index (κ3) is 2.69. The molecule has 0 saturated carbocycles. The summed E-state index contributed by atoms with van der Waals surface area (Å²) in [6.45, 7) is 6.55. The number of carbonyl (C=O) groups excluding carboxylic acids is 1. The first-order valence-electron chi connectivity index (χ1n) is 6.38. The zero-order valence-corrected chi connectivity index (χ0v) is 11.7. The number of hydrazine groups is 1. The lowest BCUT2D eigenvalue weighted by molar-refractivity contribution is 0.0312. The predicted octanol–water partition coefficient (Wildman–Crippen LogP) is 0.533. The molecule has 0 aromatic carbocycles. The Morgan fingerprint density at radius 1 is 1.47 bits per heavy atom. The molecular formula is C13H21N5O. The van der Waals surface area contributed by atoms with E-state index in [4.69, 9.17) is 5.84 Å². The van der Waals surface area contributed by atoms with Crippen LogP contribution in [-0.2, 0) is 0 Å². The molecule has 1 fully saturated rings. The molecule has 1 saturated heterocycles. The summed E-state index contributed by atoms with van der Waals surface area (Å²) in [5.74, 6) is 5.80. The molecule has 1 aliphatic heterocycles. The minimum absolute atomic E-state index is 0.0214. The number of pyridine rings is 1. The number of nitrogens with zero attached hydrogens (tertiary/aromatic N) is 3. The van der Waals surface area contributed by atoms with Crippen LogP contribution in [0.2, 0.25) is 0 Å².